The van der Waals surface area contributed by atoms with E-state index in [2.05, 4.69) is 6.92 Å². The van der Waals surface area contributed by atoms with E-state index in [0.29, 0.717) is 16.8 Å². The van der Waals surface area contributed by atoms with Gasteiger partial charge in [-0.1, -0.05) is 38.0 Å². The Hall–Kier alpha value is -2.63. The Bertz CT molecular complexity index is 918. The van der Waals surface area contributed by atoms with Crippen molar-refractivity contribution in [3.63, 3.8) is 0 Å². The van der Waals surface area contributed by atoms with Crippen LogP contribution >= 0.6 is 0 Å². The summed E-state index contributed by atoms with van der Waals surface area (Å²) in [4.78, 5) is 38.9. The Balaban J connectivity index is 1.73. The number of carbonyl (C=O) groups is 2. The zero-order valence-electron chi connectivity index (χ0n) is 16.1. The molecule has 0 saturated heterocycles. The van der Waals surface area contributed by atoms with Gasteiger partial charge in [-0.05, 0) is 24.8 Å². The van der Waals surface area contributed by atoms with Crippen molar-refractivity contribution in [2.45, 2.75) is 38.6 Å². The number of benzene rings is 1. The van der Waals surface area contributed by atoms with Gasteiger partial charge in [0.15, 0.2) is 6.61 Å². The van der Waals surface area contributed by atoms with Crippen LogP contribution in [0.15, 0.2) is 35.1 Å². The molecule has 6 heteroatoms. The Kier molecular flexibility index (Phi) is 5.63. The molecule has 1 saturated carbocycles. The molecule has 0 bridgehead atoms. The number of amides is 1. The van der Waals surface area contributed by atoms with Crippen LogP contribution in [0.5, 0.6) is 0 Å². The number of esters is 1. The summed E-state index contributed by atoms with van der Waals surface area (Å²) in [7, 11) is 3.43. The van der Waals surface area contributed by atoms with Crippen LogP contribution in [0.1, 0.15) is 43.0 Å². The number of fused-ring (bicyclic) bond motifs is 1. The van der Waals surface area contributed by atoms with Gasteiger partial charge in [0.05, 0.1) is 11.1 Å². The zero-order chi connectivity index (χ0) is 19.6. The number of rotatable bonds is 4. The first-order valence-corrected chi connectivity index (χ1v) is 9.41. The molecule has 0 spiro atoms. The lowest BCUT2D eigenvalue weighted by Crippen LogP contribution is -2.44. The van der Waals surface area contributed by atoms with E-state index in [1.165, 1.54) is 17.1 Å². The summed E-state index contributed by atoms with van der Waals surface area (Å²) >= 11 is 0. The molecule has 0 aliphatic heterocycles. The van der Waals surface area contributed by atoms with Crippen molar-refractivity contribution in [2.24, 2.45) is 13.0 Å². The number of para-hydroxylation sites is 1. The Morgan fingerprint density at radius 2 is 1.93 bits per heavy atom. The minimum atomic E-state index is -0.651. The number of carbonyl (C=O) groups excluding carboxylic acids is 2. The minimum Gasteiger partial charge on any atom is -0.452 e. The van der Waals surface area contributed by atoms with E-state index in [1.54, 1.807) is 43.3 Å². The molecule has 2 atom stereocenters. The van der Waals surface area contributed by atoms with Crippen molar-refractivity contribution >= 4 is 22.8 Å². The van der Waals surface area contributed by atoms with Gasteiger partial charge < -0.3 is 14.2 Å². The highest BCUT2D eigenvalue weighted by Gasteiger charge is 2.28. The summed E-state index contributed by atoms with van der Waals surface area (Å²) in [6, 6.07) is 8.60. The van der Waals surface area contributed by atoms with Gasteiger partial charge in [0.2, 0.25) is 0 Å². The molecular formula is C21H26N2O4. The van der Waals surface area contributed by atoms with Crippen LogP contribution in [-0.2, 0) is 16.6 Å². The van der Waals surface area contributed by atoms with Crippen LogP contribution in [0, 0.1) is 5.92 Å². The summed E-state index contributed by atoms with van der Waals surface area (Å²) in [5.41, 5.74) is 0.548. The second-order valence-electron chi connectivity index (χ2n) is 7.38. The van der Waals surface area contributed by atoms with Crippen molar-refractivity contribution in [2.75, 3.05) is 13.7 Å². The number of aryl methyl sites for hydroxylation is 1. The number of nitrogens with zero attached hydrogens (tertiary/aromatic N) is 2. The van der Waals surface area contributed by atoms with E-state index in [-0.39, 0.29) is 29.7 Å². The molecule has 144 valence electrons. The van der Waals surface area contributed by atoms with Gasteiger partial charge in [-0.2, -0.15) is 0 Å². The number of likely N-dealkylation sites (N-methyl/N-ethyl adjacent to an activating group) is 1. The second kappa shape index (κ2) is 7.94. The first-order valence-electron chi connectivity index (χ1n) is 9.41. The van der Waals surface area contributed by atoms with Crippen LogP contribution < -0.4 is 5.56 Å². The standard InChI is InChI=1S/C21H26N2O4/c1-14-8-4-6-10-17(14)22(2)20(25)13-27-21(26)16-12-19(24)23(3)18-11-7-5-9-15(16)18/h5,7,9,11-12,14,17H,4,6,8,10,13H2,1-3H3/t14-,17+/m1/s1. The maximum absolute atomic E-state index is 12.5. The van der Waals surface area contributed by atoms with Gasteiger partial charge in [-0.3, -0.25) is 9.59 Å². The number of ether oxygens (including phenoxy) is 1. The molecule has 1 aromatic carbocycles. The summed E-state index contributed by atoms with van der Waals surface area (Å²) in [6.45, 7) is 1.84. The van der Waals surface area contributed by atoms with Crippen molar-refractivity contribution in [1.29, 1.82) is 0 Å². The highest BCUT2D eigenvalue weighted by atomic mass is 16.5. The van der Waals surface area contributed by atoms with Gasteiger partial charge in [0.1, 0.15) is 0 Å². The number of hydrogen-bond acceptors (Lipinski definition) is 4. The number of aromatic nitrogens is 1. The smallest absolute Gasteiger partial charge is 0.339 e. The van der Waals surface area contributed by atoms with Crippen molar-refractivity contribution in [3.8, 4) is 0 Å². The number of pyridine rings is 1. The van der Waals surface area contributed by atoms with E-state index < -0.39 is 5.97 Å². The van der Waals surface area contributed by atoms with E-state index in [1.807, 2.05) is 0 Å². The molecule has 1 heterocycles. The third-order valence-corrected chi connectivity index (χ3v) is 5.66. The average Bonchev–Trinajstić information content (AvgIpc) is 2.68. The summed E-state index contributed by atoms with van der Waals surface area (Å²) in [5.74, 6) is -0.415. The van der Waals surface area contributed by atoms with Crippen LogP contribution in [0.4, 0.5) is 0 Å². The molecule has 0 unspecified atom stereocenters. The SMILES string of the molecule is C[C@@H]1CCCC[C@@H]1N(C)C(=O)COC(=O)c1cc(=O)n(C)c2ccccc12. The van der Waals surface area contributed by atoms with E-state index in [0.717, 1.165) is 19.3 Å². The Morgan fingerprint density at radius 1 is 1.22 bits per heavy atom. The monoisotopic (exact) mass is 370 g/mol. The predicted molar refractivity (Wildman–Crippen MR) is 104 cm³/mol. The van der Waals surface area contributed by atoms with Gasteiger partial charge in [0.25, 0.3) is 11.5 Å². The highest BCUT2D eigenvalue weighted by Crippen LogP contribution is 2.27. The molecule has 1 aliphatic carbocycles. The molecule has 6 nitrogen and oxygen atoms in total. The lowest BCUT2D eigenvalue weighted by molar-refractivity contribution is -0.136. The first-order chi connectivity index (χ1) is 12.9. The lowest BCUT2D eigenvalue weighted by Gasteiger charge is -2.36. The first kappa shape index (κ1) is 19.1. The quantitative estimate of drug-likeness (QED) is 0.776. The minimum absolute atomic E-state index is 0.190. The maximum atomic E-state index is 12.5. The normalized spacial score (nSPS) is 19.7. The third-order valence-electron chi connectivity index (χ3n) is 5.66. The molecule has 27 heavy (non-hydrogen) atoms. The summed E-state index contributed by atoms with van der Waals surface area (Å²) < 4.78 is 6.74. The molecule has 3 rings (SSSR count). The lowest BCUT2D eigenvalue weighted by atomic mass is 9.85. The largest absolute Gasteiger partial charge is 0.452 e. The van der Waals surface area contributed by atoms with E-state index in [4.69, 9.17) is 4.74 Å². The third kappa shape index (κ3) is 3.89. The number of hydrogen-bond donors (Lipinski definition) is 0. The van der Waals surface area contributed by atoms with Crippen molar-refractivity contribution < 1.29 is 14.3 Å². The highest BCUT2D eigenvalue weighted by molar-refractivity contribution is 6.03. The Labute approximate surface area is 158 Å². The molecular weight excluding hydrogens is 344 g/mol. The van der Waals surface area contributed by atoms with Crippen LogP contribution in [0.25, 0.3) is 10.9 Å². The molecule has 1 aromatic heterocycles. The predicted octanol–water partition coefficient (Wildman–Crippen LogP) is 2.73. The van der Waals surface area contributed by atoms with Gasteiger partial charge >= 0.3 is 5.97 Å². The summed E-state index contributed by atoms with van der Waals surface area (Å²) in [6.07, 6.45) is 4.41. The molecule has 1 fully saturated rings. The summed E-state index contributed by atoms with van der Waals surface area (Å²) in [5, 5.41) is 0.631. The zero-order valence-corrected chi connectivity index (χ0v) is 16.1. The van der Waals surface area contributed by atoms with Crippen LogP contribution in [0.3, 0.4) is 0 Å². The molecule has 1 aliphatic rings. The maximum Gasteiger partial charge on any atom is 0.339 e. The fraction of sp³-hybridized carbons (Fsp3) is 0.476. The van der Waals surface area contributed by atoms with Crippen LogP contribution in [0.2, 0.25) is 0 Å². The van der Waals surface area contributed by atoms with E-state index in [9.17, 15) is 14.4 Å². The fourth-order valence-corrected chi connectivity index (χ4v) is 3.94. The average molecular weight is 370 g/mol. The van der Waals surface area contributed by atoms with Crippen molar-refractivity contribution in [1.82, 2.24) is 9.47 Å². The van der Waals surface area contributed by atoms with Gasteiger partial charge in [0, 0.05) is 31.6 Å². The van der Waals surface area contributed by atoms with E-state index >= 15 is 0 Å². The topological polar surface area (TPSA) is 68.6 Å². The molecule has 2 aromatic rings. The Morgan fingerprint density at radius 3 is 2.67 bits per heavy atom. The van der Waals surface area contributed by atoms with Crippen LogP contribution in [-0.4, -0.2) is 41.0 Å². The molecule has 0 N–H and O–H groups in total. The molecule has 1 amide bonds. The van der Waals surface area contributed by atoms with Crippen molar-refractivity contribution in [3.05, 3.63) is 46.2 Å². The fourth-order valence-electron chi connectivity index (χ4n) is 3.94. The second-order valence-corrected chi connectivity index (χ2v) is 7.38. The van der Waals surface area contributed by atoms with Gasteiger partial charge in [-0.15, -0.1) is 0 Å². The molecule has 0 radical (unpaired) electrons. The van der Waals surface area contributed by atoms with Gasteiger partial charge in [-0.25, -0.2) is 4.79 Å².